The number of hydrogen-bond acceptors (Lipinski definition) is 5. The molecule has 2 aromatic rings. The van der Waals surface area contributed by atoms with Crippen molar-refractivity contribution >= 4 is 28.6 Å². The molecule has 0 spiro atoms. The van der Waals surface area contributed by atoms with E-state index in [0.29, 0.717) is 5.69 Å². The van der Waals surface area contributed by atoms with Crippen molar-refractivity contribution in [3.8, 4) is 10.0 Å². The summed E-state index contributed by atoms with van der Waals surface area (Å²) in [5.41, 5.74) is 0.590. The molecule has 0 unspecified atom stereocenters. The van der Waals surface area contributed by atoms with Gasteiger partial charge in [0.25, 0.3) is 0 Å². The molecule has 2 heterocycles. The highest BCUT2D eigenvalue weighted by molar-refractivity contribution is 7.19. The first kappa shape index (κ1) is 9.29. The first-order chi connectivity index (χ1) is 6.75. The topological polar surface area (TPSA) is 63.1 Å². The summed E-state index contributed by atoms with van der Waals surface area (Å²) in [5.74, 6) is -0.860. The van der Waals surface area contributed by atoms with Crippen molar-refractivity contribution in [1.29, 1.82) is 0 Å². The Balaban J connectivity index is 2.22. The number of carboxylic acid groups (broad SMARTS) is 1. The van der Waals surface area contributed by atoms with Crippen molar-refractivity contribution in [2.24, 2.45) is 0 Å². The maximum atomic E-state index is 10.4. The van der Waals surface area contributed by atoms with Crippen molar-refractivity contribution in [2.75, 3.05) is 0 Å². The lowest BCUT2D eigenvalue weighted by Crippen LogP contribution is -1.99. The van der Waals surface area contributed by atoms with E-state index in [1.54, 1.807) is 11.6 Å². The molecule has 0 saturated heterocycles. The molecule has 2 rings (SSSR count). The van der Waals surface area contributed by atoms with Crippen molar-refractivity contribution in [1.82, 2.24) is 9.97 Å². The summed E-state index contributed by atoms with van der Waals surface area (Å²) in [7, 11) is 0. The third kappa shape index (κ3) is 1.97. The molecule has 0 radical (unpaired) electrons. The lowest BCUT2D eigenvalue weighted by atomic mass is 10.3. The number of nitrogens with zero attached hydrogens (tertiary/aromatic N) is 2. The van der Waals surface area contributed by atoms with Crippen molar-refractivity contribution < 1.29 is 9.90 Å². The van der Waals surface area contributed by atoms with E-state index in [1.807, 2.05) is 5.38 Å². The molecule has 0 bridgehead atoms. The maximum absolute atomic E-state index is 10.4. The Kier molecular flexibility index (Phi) is 2.55. The number of aliphatic carboxylic acids is 1. The van der Waals surface area contributed by atoms with Crippen LogP contribution in [0.15, 0.2) is 17.0 Å². The van der Waals surface area contributed by atoms with E-state index in [-0.39, 0.29) is 6.42 Å². The van der Waals surface area contributed by atoms with Crippen LogP contribution in [0.1, 0.15) is 5.69 Å². The highest BCUT2D eigenvalue weighted by Crippen LogP contribution is 2.25. The molecule has 6 heteroatoms. The number of aromatic nitrogens is 2. The molecule has 0 fully saturated rings. The summed E-state index contributed by atoms with van der Waals surface area (Å²) >= 11 is 2.92. The van der Waals surface area contributed by atoms with Gasteiger partial charge in [-0.25, -0.2) is 9.97 Å². The Morgan fingerprint density at radius 1 is 1.43 bits per heavy atom. The van der Waals surface area contributed by atoms with Crippen LogP contribution in [0.4, 0.5) is 0 Å². The summed E-state index contributed by atoms with van der Waals surface area (Å²) < 4.78 is 0. The van der Waals surface area contributed by atoms with Gasteiger partial charge >= 0.3 is 5.97 Å². The van der Waals surface area contributed by atoms with Gasteiger partial charge in [0, 0.05) is 17.0 Å². The molecule has 4 nitrogen and oxygen atoms in total. The minimum Gasteiger partial charge on any atom is -0.481 e. The molecule has 0 atom stereocenters. The number of carboxylic acids is 1. The molecule has 0 aliphatic heterocycles. The summed E-state index contributed by atoms with van der Waals surface area (Å²) in [6, 6.07) is 0. The summed E-state index contributed by atoms with van der Waals surface area (Å²) in [6.45, 7) is 0. The van der Waals surface area contributed by atoms with Crippen LogP contribution in [0.5, 0.6) is 0 Å². The smallest absolute Gasteiger partial charge is 0.309 e. The third-order valence-corrected chi connectivity index (χ3v) is 3.31. The van der Waals surface area contributed by atoms with Crippen LogP contribution in [0.2, 0.25) is 0 Å². The van der Waals surface area contributed by atoms with E-state index in [0.717, 1.165) is 10.0 Å². The fourth-order valence-corrected chi connectivity index (χ4v) is 2.49. The van der Waals surface area contributed by atoms with Crippen LogP contribution in [0.3, 0.4) is 0 Å². The average Bonchev–Trinajstić information content (AvgIpc) is 2.69. The van der Waals surface area contributed by atoms with Gasteiger partial charge in [-0.1, -0.05) is 0 Å². The fourth-order valence-electron chi connectivity index (χ4n) is 0.970. The SMILES string of the molecule is O=C(O)Cc1csc(-c2nccs2)n1. The van der Waals surface area contributed by atoms with Gasteiger partial charge in [-0.2, -0.15) is 0 Å². The third-order valence-electron chi connectivity index (χ3n) is 1.50. The van der Waals surface area contributed by atoms with Crippen LogP contribution in [0.25, 0.3) is 10.0 Å². The largest absolute Gasteiger partial charge is 0.481 e. The van der Waals surface area contributed by atoms with Crippen molar-refractivity contribution in [3.05, 3.63) is 22.7 Å². The predicted molar refractivity (Wildman–Crippen MR) is 54.6 cm³/mol. The average molecular weight is 226 g/mol. The van der Waals surface area contributed by atoms with E-state index >= 15 is 0 Å². The number of carbonyl (C=O) groups is 1. The van der Waals surface area contributed by atoms with Crippen LogP contribution in [-0.2, 0) is 11.2 Å². The molecule has 0 amide bonds. The molecule has 72 valence electrons. The second-order valence-corrected chi connectivity index (χ2v) is 4.30. The van der Waals surface area contributed by atoms with Gasteiger partial charge in [-0.05, 0) is 0 Å². The van der Waals surface area contributed by atoms with Crippen LogP contribution >= 0.6 is 22.7 Å². The van der Waals surface area contributed by atoms with Crippen LogP contribution < -0.4 is 0 Å². The Morgan fingerprint density at radius 2 is 2.29 bits per heavy atom. The Hall–Kier alpha value is -1.27. The number of thiazole rings is 2. The zero-order valence-electron chi connectivity index (χ0n) is 7.01. The Labute approximate surface area is 87.9 Å². The first-order valence-electron chi connectivity index (χ1n) is 3.82. The van der Waals surface area contributed by atoms with E-state index in [9.17, 15) is 4.79 Å². The van der Waals surface area contributed by atoms with E-state index < -0.39 is 5.97 Å². The van der Waals surface area contributed by atoms with E-state index in [1.165, 1.54) is 22.7 Å². The van der Waals surface area contributed by atoms with E-state index in [4.69, 9.17) is 5.11 Å². The van der Waals surface area contributed by atoms with Gasteiger partial charge in [0.1, 0.15) is 0 Å². The lowest BCUT2D eigenvalue weighted by molar-refractivity contribution is -0.136. The highest BCUT2D eigenvalue weighted by atomic mass is 32.1. The molecule has 0 saturated carbocycles. The van der Waals surface area contributed by atoms with Gasteiger partial charge in [-0.3, -0.25) is 4.79 Å². The van der Waals surface area contributed by atoms with Crippen LogP contribution in [0, 0.1) is 0 Å². The van der Waals surface area contributed by atoms with Crippen LogP contribution in [-0.4, -0.2) is 21.0 Å². The van der Waals surface area contributed by atoms with Gasteiger partial charge in [0.05, 0.1) is 12.1 Å². The Bertz CT molecular complexity index is 436. The first-order valence-corrected chi connectivity index (χ1v) is 5.57. The van der Waals surface area contributed by atoms with Gasteiger partial charge in [-0.15, -0.1) is 22.7 Å². The van der Waals surface area contributed by atoms with Gasteiger partial charge in [0.15, 0.2) is 10.0 Å². The maximum Gasteiger partial charge on any atom is 0.309 e. The lowest BCUT2D eigenvalue weighted by Gasteiger charge is -1.87. The van der Waals surface area contributed by atoms with Gasteiger partial charge < -0.3 is 5.11 Å². The zero-order valence-corrected chi connectivity index (χ0v) is 8.64. The normalized spacial score (nSPS) is 10.3. The minimum absolute atomic E-state index is 0.0259. The fraction of sp³-hybridized carbons (Fsp3) is 0.125. The van der Waals surface area contributed by atoms with Gasteiger partial charge in [0.2, 0.25) is 0 Å². The zero-order chi connectivity index (χ0) is 9.97. The molecule has 2 aromatic heterocycles. The summed E-state index contributed by atoms with van der Waals surface area (Å²) in [4.78, 5) is 18.7. The molecule has 0 aromatic carbocycles. The Morgan fingerprint density at radius 3 is 2.93 bits per heavy atom. The quantitative estimate of drug-likeness (QED) is 0.868. The highest BCUT2D eigenvalue weighted by Gasteiger charge is 2.08. The van der Waals surface area contributed by atoms with E-state index in [2.05, 4.69) is 9.97 Å². The monoisotopic (exact) mass is 226 g/mol. The molecular formula is C8H6N2O2S2. The van der Waals surface area contributed by atoms with Crippen molar-refractivity contribution in [3.63, 3.8) is 0 Å². The second kappa shape index (κ2) is 3.85. The predicted octanol–water partition coefficient (Wildman–Crippen LogP) is 1.89. The molecule has 1 N–H and O–H groups in total. The number of rotatable bonds is 3. The summed E-state index contributed by atoms with van der Waals surface area (Å²) in [5, 5.41) is 13.8. The minimum atomic E-state index is -0.860. The summed E-state index contributed by atoms with van der Waals surface area (Å²) in [6.07, 6.45) is 1.68. The molecule has 0 aliphatic carbocycles. The standard InChI is InChI=1S/C8H6N2O2S2/c11-6(12)3-5-4-14-8(10-5)7-9-1-2-13-7/h1-2,4H,3H2,(H,11,12). The molecule has 0 aliphatic rings. The number of hydrogen-bond donors (Lipinski definition) is 1. The molecule has 14 heavy (non-hydrogen) atoms. The molecular weight excluding hydrogens is 220 g/mol. The second-order valence-electron chi connectivity index (χ2n) is 2.55. The van der Waals surface area contributed by atoms with Crippen molar-refractivity contribution in [2.45, 2.75) is 6.42 Å².